The Balaban J connectivity index is 0.00000208. The molecule has 1 aromatic heterocycles. The fraction of sp³-hybridized carbons (Fsp3) is 0.333. The monoisotopic (exact) mass is 437 g/mol. The van der Waals surface area contributed by atoms with Gasteiger partial charge in [-0.05, 0) is 37.1 Å². The van der Waals surface area contributed by atoms with Crippen LogP contribution in [0.25, 0.3) is 0 Å². The summed E-state index contributed by atoms with van der Waals surface area (Å²) < 4.78 is 0. The van der Waals surface area contributed by atoms with E-state index in [0.717, 1.165) is 37.8 Å². The van der Waals surface area contributed by atoms with Crippen molar-refractivity contribution < 1.29 is 0 Å². The van der Waals surface area contributed by atoms with E-state index in [4.69, 9.17) is 4.99 Å². The number of fused-ring (bicyclic) bond motifs is 1. The number of anilines is 2. The molecule has 2 N–H and O–H groups in total. The van der Waals surface area contributed by atoms with Crippen molar-refractivity contribution in [1.29, 1.82) is 0 Å². The largest absolute Gasteiger partial charge is 0.368 e. The summed E-state index contributed by atoms with van der Waals surface area (Å²) in [4.78, 5) is 11.3. The fourth-order valence-electron chi connectivity index (χ4n) is 2.77. The molecule has 0 unspecified atom stereocenters. The quantitative estimate of drug-likeness (QED) is 0.327. The lowest BCUT2D eigenvalue weighted by Gasteiger charge is -2.22. The summed E-state index contributed by atoms with van der Waals surface area (Å²) in [6.07, 6.45) is 2.86. The number of benzene rings is 1. The van der Waals surface area contributed by atoms with E-state index in [1.54, 1.807) is 6.20 Å². The highest BCUT2D eigenvalue weighted by Gasteiger charge is 2.22. The first-order valence-electron chi connectivity index (χ1n) is 8.17. The molecular weight excluding hydrogens is 413 g/mol. The van der Waals surface area contributed by atoms with Crippen LogP contribution in [0.15, 0.2) is 53.7 Å². The summed E-state index contributed by atoms with van der Waals surface area (Å²) in [6.45, 7) is 5.42. The van der Waals surface area contributed by atoms with E-state index in [1.165, 1.54) is 11.3 Å². The van der Waals surface area contributed by atoms with Gasteiger partial charge in [-0.2, -0.15) is 0 Å². The second-order valence-electron chi connectivity index (χ2n) is 5.41. The van der Waals surface area contributed by atoms with Gasteiger partial charge >= 0.3 is 0 Å². The van der Waals surface area contributed by atoms with Gasteiger partial charge in [-0.3, -0.25) is 4.99 Å². The Hall–Kier alpha value is -1.83. The third-order valence-corrected chi connectivity index (χ3v) is 3.82. The zero-order valence-electron chi connectivity index (χ0n) is 13.9. The Bertz CT molecular complexity index is 659. The summed E-state index contributed by atoms with van der Waals surface area (Å²) in [5.74, 6) is 1.85. The smallest absolute Gasteiger partial charge is 0.198 e. The number of guanidine groups is 1. The Morgan fingerprint density at radius 1 is 1.21 bits per heavy atom. The fourth-order valence-corrected chi connectivity index (χ4v) is 2.77. The molecule has 128 valence electrons. The third-order valence-electron chi connectivity index (χ3n) is 3.82. The number of rotatable bonds is 5. The minimum atomic E-state index is 0. The van der Waals surface area contributed by atoms with E-state index in [1.807, 2.05) is 18.2 Å². The van der Waals surface area contributed by atoms with Crippen LogP contribution in [0.4, 0.5) is 11.5 Å². The molecule has 0 bridgehead atoms. The first kappa shape index (κ1) is 18.5. The van der Waals surface area contributed by atoms with Gasteiger partial charge in [0.15, 0.2) is 5.96 Å². The van der Waals surface area contributed by atoms with Crippen molar-refractivity contribution in [2.24, 2.45) is 4.99 Å². The number of nitrogens with zero attached hydrogens (tertiary/aromatic N) is 3. The molecule has 0 aliphatic carbocycles. The van der Waals surface area contributed by atoms with Gasteiger partial charge in [0.2, 0.25) is 0 Å². The van der Waals surface area contributed by atoms with Crippen molar-refractivity contribution in [3.63, 3.8) is 0 Å². The summed E-state index contributed by atoms with van der Waals surface area (Å²) in [6, 6.07) is 14.4. The molecule has 2 heterocycles. The SMILES string of the molecule is CCNC(=NCCNc1ccccn1)N1CCc2ccccc21.I. The first-order valence-corrected chi connectivity index (χ1v) is 8.17. The normalized spacial score (nSPS) is 13.2. The lowest BCUT2D eigenvalue weighted by atomic mass is 10.2. The summed E-state index contributed by atoms with van der Waals surface area (Å²) in [5, 5.41) is 6.68. The molecule has 24 heavy (non-hydrogen) atoms. The minimum Gasteiger partial charge on any atom is -0.368 e. The van der Waals surface area contributed by atoms with Crippen LogP contribution >= 0.6 is 24.0 Å². The molecule has 0 radical (unpaired) electrons. The van der Waals surface area contributed by atoms with E-state index in [-0.39, 0.29) is 24.0 Å². The van der Waals surface area contributed by atoms with Crippen molar-refractivity contribution in [2.75, 3.05) is 36.4 Å². The number of pyridine rings is 1. The van der Waals surface area contributed by atoms with Crippen LogP contribution in [0.5, 0.6) is 0 Å². The maximum Gasteiger partial charge on any atom is 0.198 e. The lowest BCUT2D eigenvalue weighted by Crippen LogP contribution is -2.40. The average molecular weight is 437 g/mol. The third kappa shape index (κ3) is 4.59. The summed E-state index contributed by atoms with van der Waals surface area (Å²) in [7, 11) is 0. The molecule has 0 spiro atoms. The average Bonchev–Trinajstić information content (AvgIpc) is 3.03. The number of aromatic nitrogens is 1. The van der Waals surface area contributed by atoms with Crippen LogP contribution in [0.3, 0.4) is 0 Å². The molecule has 0 saturated carbocycles. The molecule has 3 rings (SSSR count). The predicted octanol–water partition coefficient (Wildman–Crippen LogP) is 3.14. The molecular formula is C18H24IN5. The van der Waals surface area contributed by atoms with Crippen LogP contribution < -0.4 is 15.5 Å². The van der Waals surface area contributed by atoms with Crippen LogP contribution in [0.1, 0.15) is 12.5 Å². The van der Waals surface area contributed by atoms with Gasteiger partial charge in [-0.1, -0.05) is 24.3 Å². The molecule has 2 aromatic rings. The van der Waals surface area contributed by atoms with Gasteiger partial charge in [0.05, 0.1) is 6.54 Å². The summed E-state index contributed by atoms with van der Waals surface area (Å²) in [5.41, 5.74) is 2.66. The maximum absolute atomic E-state index is 4.75. The van der Waals surface area contributed by atoms with E-state index in [2.05, 4.69) is 51.7 Å². The molecule has 1 aromatic carbocycles. The Morgan fingerprint density at radius 3 is 2.83 bits per heavy atom. The van der Waals surface area contributed by atoms with Crippen LogP contribution in [-0.4, -0.2) is 37.1 Å². The molecule has 0 atom stereocenters. The van der Waals surface area contributed by atoms with Crippen LogP contribution in [-0.2, 0) is 6.42 Å². The maximum atomic E-state index is 4.75. The van der Waals surface area contributed by atoms with E-state index in [9.17, 15) is 0 Å². The predicted molar refractivity (Wildman–Crippen MR) is 112 cm³/mol. The lowest BCUT2D eigenvalue weighted by molar-refractivity contribution is 0.881. The van der Waals surface area contributed by atoms with E-state index >= 15 is 0 Å². The number of hydrogen-bond acceptors (Lipinski definition) is 3. The molecule has 6 heteroatoms. The van der Waals surface area contributed by atoms with E-state index in [0.29, 0.717) is 6.54 Å². The Kier molecular flexibility index (Phi) is 7.30. The number of nitrogens with one attached hydrogen (secondary N) is 2. The van der Waals surface area contributed by atoms with E-state index < -0.39 is 0 Å². The van der Waals surface area contributed by atoms with Gasteiger partial charge in [-0.25, -0.2) is 4.98 Å². The molecule has 0 fully saturated rings. The van der Waals surface area contributed by atoms with Crippen molar-refractivity contribution >= 4 is 41.4 Å². The highest BCUT2D eigenvalue weighted by atomic mass is 127. The number of hydrogen-bond donors (Lipinski definition) is 2. The number of para-hydroxylation sites is 1. The second kappa shape index (κ2) is 9.46. The standard InChI is InChI=1S/C18H23N5.HI/c1-2-19-18(22-13-12-21-17-9-5-6-11-20-17)23-14-10-15-7-3-4-8-16(15)23;/h3-9,11H,2,10,12-14H2,1H3,(H,19,22)(H,20,21);1H. The highest BCUT2D eigenvalue weighted by Crippen LogP contribution is 2.27. The minimum absolute atomic E-state index is 0. The van der Waals surface area contributed by atoms with Crippen molar-refractivity contribution in [2.45, 2.75) is 13.3 Å². The van der Waals surface area contributed by atoms with Gasteiger partial charge in [-0.15, -0.1) is 24.0 Å². The van der Waals surface area contributed by atoms with Gasteiger partial charge in [0.25, 0.3) is 0 Å². The number of aliphatic imine (C=N–C) groups is 1. The Morgan fingerprint density at radius 2 is 2.04 bits per heavy atom. The topological polar surface area (TPSA) is 52.6 Å². The first-order chi connectivity index (χ1) is 11.4. The van der Waals surface area contributed by atoms with Gasteiger partial charge in [0.1, 0.15) is 5.82 Å². The highest BCUT2D eigenvalue weighted by molar-refractivity contribution is 14.0. The zero-order chi connectivity index (χ0) is 15.9. The molecule has 5 nitrogen and oxygen atoms in total. The van der Waals surface area contributed by atoms with Gasteiger partial charge < -0.3 is 15.5 Å². The molecule has 0 saturated heterocycles. The van der Waals surface area contributed by atoms with Gasteiger partial charge in [0, 0.05) is 31.5 Å². The molecule has 1 aliphatic heterocycles. The molecule has 1 aliphatic rings. The zero-order valence-corrected chi connectivity index (χ0v) is 16.2. The van der Waals surface area contributed by atoms with Crippen LogP contribution in [0, 0.1) is 0 Å². The second-order valence-corrected chi connectivity index (χ2v) is 5.41. The van der Waals surface area contributed by atoms with Crippen molar-refractivity contribution in [1.82, 2.24) is 10.3 Å². The summed E-state index contributed by atoms with van der Waals surface area (Å²) >= 11 is 0. The number of halogens is 1. The Labute approximate surface area is 160 Å². The van der Waals surface area contributed by atoms with Crippen LogP contribution in [0.2, 0.25) is 0 Å². The van der Waals surface area contributed by atoms with Crippen molar-refractivity contribution in [3.8, 4) is 0 Å². The molecule has 0 amide bonds. The van der Waals surface area contributed by atoms with Crippen molar-refractivity contribution in [3.05, 3.63) is 54.2 Å².